The lowest BCUT2D eigenvalue weighted by molar-refractivity contribution is 0.732. The molecule has 0 saturated heterocycles. The predicted octanol–water partition coefficient (Wildman–Crippen LogP) is 3.01. The molecule has 82 valence electrons. The first-order chi connectivity index (χ1) is 7.77. The Bertz CT molecular complexity index is 451. The Morgan fingerprint density at radius 3 is 2.56 bits per heavy atom. The van der Waals surface area contributed by atoms with E-state index in [0.29, 0.717) is 5.92 Å². The predicted molar refractivity (Wildman–Crippen MR) is 67.2 cm³/mol. The SMILES string of the molecule is CC(Cc1ccccc1N)c1ccccn1. The molecule has 1 atom stereocenters. The first-order valence-corrected chi connectivity index (χ1v) is 5.51. The molecular weight excluding hydrogens is 196 g/mol. The number of benzene rings is 1. The summed E-state index contributed by atoms with van der Waals surface area (Å²) in [5.41, 5.74) is 9.10. The minimum atomic E-state index is 0.394. The van der Waals surface area contributed by atoms with Gasteiger partial charge in [-0.25, -0.2) is 0 Å². The van der Waals surface area contributed by atoms with Crippen LogP contribution in [0.5, 0.6) is 0 Å². The van der Waals surface area contributed by atoms with Crippen LogP contribution in [0, 0.1) is 0 Å². The quantitative estimate of drug-likeness (QED) is 0.794. The highest BCUT2D eigenvalue weighted by Crippen LogP contribution is 2.21. The van der Waals surface area contributed by atoms with Crippen LogP contribution in [0.3, 0.4) is 0 Å². The summed E-state index contributed by atoms with van der Waals surface area (Å²) in [5.74, 6) is 0.394. The number of para-hydroxylation sites is 1. The molecule has 2 heteroatoms. The maximum atomic E-state index is 5.93. The Morgan fingerprint density at radius 2 is 1.88 bits per heavy atom. The van der Waals surface area contributed by atoms with Crippen LogP contribution in [0.25, 0.3) is 0 Å². The van der Waals surface area contributed by atoms with E-state index in [-0.39, 0.29) is 0 Å². The van der Waals surface area contributed by atoms with Crippen LogP contribution >= 0.6 is 0 Å². The van der Waals surface area contributed by atoms with Crippen LogP contribution in [-0.4, -0.2) is 4.98 Å². The summed E-state index contributed by atoms with van der Waals surface area (Å²) >= 11 is 0. The zero-order chi connectivity index (χ0) is 11.4. The van der Waals surface area contributed by atoms with Gasteiger partial charge in [0.15, 0.2) is 0 Å². The molecule has 2 rings (SSSR count). The molecule has 0 amide bonds. The third kappa shape index (κ3) is 2.40. The lowest BCUT2D eigenvalue weighted by atomic mass is 9.96. The van der Waals surface area contributed by atoms with Crippen LogP contribution in [0.4, 0.5) is 5.69 Å². The summed E-state index contributed by atoms with van der Waals surface area (Å²) in [7, 11) is 0. The zero-order valence-electron chi connectivity index (χ0n) is 9.43. The number of nitrogen functional groups attached to an aromatic ring is 1. The van der Waals surface area contributed by atoms with Crippen LogP contribution in [-0.2, 0) is 6.42 Å². The molecule has 1 aromatic heterocycles. The molecule has 0 saturated carbocycles. The first kappa shape index (κ1) is 10.7. The lowest BCUT2D eigenvalue weighted by Crippen LogP contribution is -2.03. The van der Waals surface area contributed by atoms with Crippen LogP contribution in [0.1, 0.15) is 24.1 Å². The average molecular weight is 212 g/mol. The Labute approximate surface area is 96.1 Å². The molecule has 2 N–H and O–H groups in total. The van der Waals surface area contributed by atoms with Gasteiger partial charge in [-0.05, 0) is 30.2 Å². The molecule has 0 aliphatic rings. The number of hydrogen-bond donors (Lipinski definition) is 1. The monoisotopic (exact) mass is 212 g/mol. The number of hydrogen-bond acceptors (Lipinski definition) is 2. The highest BCUT2D eigenvalue weighted by atomic mass is 14.7. The highest BCUT2D eigenvalue weighted by molar-refractivity contribution is 5.46. The Morgan fingerprint density at radius 1 is 1.12 bits per heavy atom. The van der Waals surface area contributed by atoms with Crippen molar-refractivity contribution in [2.45, 2.75) is 19.3 Å². The van der Waals surface area contributed by atoms with E-state index in [4.69, 9.17) is 5.73 Å². The van der Waals surface area contributed by atoms with E-state index in [0.717, 1.165) is 17.8 Å². The number of nitrogens with two attached hydrogens (primary N) is 1. The van der Waals surface area contributed by atoms with Crippen molar-refractivity contribution in [2.24, 2.45) is 0 Å². The Balaban J connectivity index is 2.14. The van der Waals surface area contributed by atoms with Gasteiger partial charge in [-0.3, -0.25) is 4.98 Å². The van der Waals surface area contributed by atoms with Crippen molar-refractivity contribution in [1.82, 2.24) is 4.98 Å². The van der Waals surface area contributed by atoms with E-state index >= 15 is 0 Å². The molecule has 0 fully saturated rings. The second-order valence-corrected chi connectivity index (χ2v) is 4.06. The van der Waals surface area contributed by atoms with Gasteiger partial charge in [-0.2, -0.15) is 0 Å². The zero-order valence-corrected chi connectivity index (χ0v) is 9.43. The van der Waals surface area contributed by atoms with Crippen molar-refractivity contribution in [3.8, 4) is 0 Å². The maximum absolute atomic E-state index is 5.93. The van der Waals surface area contributed by atoms with Crippen molar-refractivity contribution in [3.05, 3.63) is 59.9 Å². The molecule has 0 aliphatic carbocycles. The fraction of sp³-hybridized carbons (Fsp3) is 0.214. The summed E-state index contributed by atoms with van der Waals surface area (Å²) in [5, 5.41) is 0. The van der Waals surface area contributed by atoms with Crippen LogP contribution in [0.15, 0.2) is 48.7 Å². The maximum Gasteiger partial charge on any atom is 0.0435 e. The molecule has 2 aromatic rings. The van der Waals surface area contributed by atoms with E-state index in [1.165, 1.54) is 5.56 Å². The fourth-order valence-corrected chi connectivity index (χ4v) is 1.82. The summed E-state index contributed by atoms with van der Waals surface area (Å²) in [6.45, 7) is 2.18. The molecule has 1 unspecified atom stereocenters. The average Bonchev–Trinajstić information content (AvgIpc) is 2.33. The topological polar surface area (TPSA) is 38.9 Å². The van der Waals surface area contributed by atoms with E-state index in [2.05, 4.69) is 24.0 Å². The number of pyridine rings is 1. The summed E-state index contributed by atoms with van der Waals surface area (Å²) in [4.78, 5) is 4.36. The van der Waals surface area contributed by atoms with Crippen LogP contribution < -0.4 is 5.73 Å². The van der Waals surface area contributed by atoms with Crippen molar-refractivity contribution < 1.29 is 0 Å². The van der Waals surface area contributed by atoms with E-state index < -0.39 is 0 Å². The second kappa shape index (κ2) is 4.79. The molecular formula is C14H16N2. The minimum absolute atomic E-state index is 0.394. The van der Waals surface area contributed by atoms with Crippen molar-refractivity contribution in [2.75, 3.05) is 5.73 Å². The summed E-state index contributed by atoms with van der Waals surface area (Å²) in [6.07, 6.45) is 2.77. The van der Waals surface area contributed by atoms with Crippen molar-refractivity contribution in [3.63, 3.8) is 0 Å². The lowest BCUT2D eigenvalue weighted by Gasteiger charge is -2.12. The molecule has 0 aliphatic heterocycles. The van der Waals surface area contributed by atoms with Crippen molar-refractivity contribution >= 4 is 5.69 Å². The van der Waals surface area contributed by atoms with Gasteiger partial charge in [0.25, 0.3) is 0 Å². The summed E-state index contributed by atoms with van der Waals surface area (Å²) in [6, 6.07) is 14.0. The molecule has 1 aromatic carbocycles. The minimum Gasteiger partial charge on any atom is -0.399 e. The number of anilines is 1. The van der Waals surface area contributed by atoms with Crippen LogP contribution in [0.2, 0.25) is 0 Å². The third-order valence-electron chi connectivity index (χ3n) is 2.77. The smallest absolute Gasteiger partial charge is 0.0435 e. The molecule has 0 bridgehead atoms. The van der Waals surface area contributed by atoms with E-state index in [1.807, 2.05) is 36.5 Å². The Kier molecular flexibility index (Phi) is 3.20. The van der Waals surface area contributed by atoms with Gasteiger partial charge in [-0.15, -0.1) is 0 Å². The summed E-state index contributed by atoms with van der Waals surface area (Å²) < 4.78 is 0. The third-order valence-corrected chi connectivity index (χ3v) is 2.77. The highest BCUT2D eigenvalue weighted by Gasteiger charge is 2.08. The molecule has 16 heavy (non-hydrogen) atoms. The molecule has 0 radical (unpaired) electrons. The van der Waals surface area contributed by atoms with Gasteiger partial charge in [0.05, 0.1) is 0 Å². The van der Waals surface area contributed by atoms with E-state index in [9.17, 15) is 0 Å². The standard InChI is InChI=1S/C14H16N2/c1-11(14-8-4-5-9-16-14)10-12-6-2-3-7-13(12)15/h2-9,11H,10,15H2,1H3. The van der Waals surface area contributed by atoms with Gasteiger partial charge in [0.2, 0.25) is 0 Å². The van der Waals surface area contributed by atoms with Gasteiger partial charge in [-0.1, -0.05) is 31.2 Å². The number of nitrogens with zero attached hydrogens (tertiary/aromatic N) is 1. The van der Waals surface area contributed by atoms with Gasteiger partial charge < -0.3 is 5.73 Å². The van der Waals surface area contributed by atoms with Crippen molar-refractivity contribution in [1.29, 1.82) is 0 Å². The molecule has 0 spiro atoms. The normalized spacial score (nSPS) is 12.3. The van der Waals surface area contributed by atoms with Gasteiger partial charge in [0, 0.05) is 23.5 Å². The van der Waals surface area contributed by atoms with Gasteiger partial charge in [0.1, 0.15) is 0 Å². The second-order valence-electron chi connectivity index (χ2n) is 4.06. The Hall–Kier alpha value is -1.83. The first-order valence-electron chi connectivity index (χ1n) is 5.51. The molecule has 1 heterocycles. The number of aromatic nitrogens is 1. The number of rotatable bonds is 3. The fourth-order valence-electron chi connectivity index (χ4n) is 1.82. The van der Waals surface area contributed by atoms with E-state index in [1.54, 1.807) is 0 Å². The van der Waals surface area contributed by atoms with Gasteiger partial charge >= 0.3 is 0 Å². The molecule has 2 nitrogen and oxygen atoms in total. The largest absolute Gasteiger partial charge is 0.399 e.